The molecule has 0 saturated heterocycles. The maximum absolute atomic E-state index is 12.8. The Hall–Kier alpha value is -2.36. The van der Waals surface area contributed by atoms with Crippen molar-refractivity contribution in [3.05, 3.63) is 65.5 Å². The van der Waals surface area contributed by atoms with Crippen LogP contribution in [0.2, 0.25) is 0 Å². The van der Waals surface area contributed by atoms with Crippen molar-refractivity contribution < 1.29 is 13.9 Å². The van der Waals surface area contributed by atoms with E-state index in [2.05, 4.69) is 5.32 Å². The molecule has 0 fully saturated rings. The minimum Gasteiger partial charge on any atom is -0.466 e. The van der Waals surface area contributed by atoms with Gasteiger partial charge in [-0.25, -0.2) is 4.39 Å². The maximum atomic E-state index is 12.8. The van der Waals surface area contributed by atoms with Gasteiger partial charge in [-0.2, -0.15) is 0 Å². The number of carbonyl (C=O) groups is 1. The first-order chi connectivity index (χ1) is 8.74. The molecule has 1 amide bonds. The van der Waals surface area contributed by atoms with Crippen molar-refractivity contribution in [2.24, 2.45) is 0 Å². The van der Waals surface area contributed by atoms with Gasteiger partial charge in [-0.15, -0.1) is 0 Å². The van der Waals surface area contributed by atoms with Crippen LogP contribution in [0, 0.1) is 5.82 Å². The molecule has 1 N–H and O–H groups in total. The fourth-order valence-electron chi connectivity index (χ4n) is 1.90. The third-order valence-corrected chi connectivity index (χ3v) is 2.81. The second-order valence-corrected chi connectivity index (χ2v) is 4.02. The summed E-state index contributed by atoms with van der Waals surface area (Å²) in [5.74, 6) is 0.0306. The van der Waals surface area contributed by atoms with Crippen molar-refractivity contribution in [1.82, 2.24) is 5.32 Å². The Labute approximate surface area is 103 Å². The minimum atomic E-state index is -0.576. The summed E-state index contributed by atoms with van der Waals surface area (Å²) in [6.07, 6.45) is -0.576. The normalized spacial score (nSPS) is 17.6. The van der Waals surface area contributed by atoms with Crippen LogP contribution in [0.1, 0.15) is 22.1 Å². The number of rotatable bonds is 1. The predicted molar refractivity (Wildman–Crippen MR) is 63.7 cm³/mol. The SMILES string of the molecule is O=C1N[C@H](c2ccc(F)cc2)Oc2ccccc21. The van der Waals surface area contributed by atoms with E-state index in [1.54, 1.807) is 36.4 Å². The molecular formula is C14H10FNO2. The molecule has 0 spiro atoms. The standard InChI is InChI=1S/C14H10FNO2/c15-10-7-5-9(6-8-10)14-16-13(17)11-3-1-2-4-12(11)18-14/h1-8,14H,(H,16,17)/t14-/m0/s1. The average molecular weight is 243 g/mol. The van der Waals surface area contributed by atoms with Crippen LogP contribution in [0.25, 0.3) is 0 Å². The van der Waals surface area contributed by atoms with Crippen LogP contribution < -0.4 is 10.1 Å². The van der Waals surface area contributed by atoms with Crippen LogP contribution in [0.15, 0.2) is 48.5 Å². The molecule has 2 aromatic rings. The van der Waals surface area contributed by atoms with Gasteiger partial charge in [0.1, 0.15) is 11.6 Å². The summed E-state index contributed by atoms with van der Waals surface area (Å²) in [5.41, 5.74) is 1.22. The van der Waals surface area contributed by atoms with Crippen molar-refractivity contribution in [1.29, 1.82) is 0 Å². The van der Waals surface area contributed by atoms with Gasteiger partial charge < -0.3 is 10.1 Å². The topological polar surface area (TPSA) is 38.3 Å². The minimum absolute atomic E-state index is 0.189. The van der Waals surface area contributed by atoms with Crippen LogP contribution >= 0.6 is 0 Å². The summed E-state index contributed by atoms with van der Waals surface area (Å²) in [5, 5.41) is 2.72. The molecule has 1 atom stereocenters. The van der Waals surface area contributed by atoms with E-state index in [0.717, 1.165) is 0 Å². The number of hydrogen-bond acceptors (Lipinski definition) is 2. The highest BCUT2D eigenvalue weighted by Crippen LogP contribution is 2.28. The lowest BCUT2D eigenvalue weighted by Crippen LogP contribution is -2.36. The molecule has 90 valence electrons. The van der Waals surface area contributed by atoms with E-state index in [4.69, 9.17) is 4.74 Å². The van der Waals surface area contributed by atoms with Crippen molar-refractivity contribution >= 4 is 5.91 Å². The van der Waals surface area contributed by atoms with E-state index in [9.17, 15) is 9.18 Å². The lowest BCUT2D eigenvalue weighted by atomic mass is 10.1. The first kappa shape index (κ1) is 10.8. The number of para-hydroxylation sites is 1. The predicted octanol–water partition coefficient (Wildman–Crippen LogP) is 2.65. The zero-order valence-corrected chi connectivity index (χ0v) is 9.39. The molecule has 3 rings (SSSR count). The molecule has 1 aliphatic heterocycles. The summed E-state index contributed by atoms with van der Waals surface area (Å²) >= 11 is 0. The van der Waals surface area contributed by atoms with Gasteiger partial charge in [0.2, 0.25) is 0 Å². The van der Waals surface area contributed by atoms with Crippen LogP contribution in [0.3, 0.4) is 0 Å². The summed E-state index contributed by atoms with van der Waals surface area (Å²) in [6.45, 7) is 0. The molecule has 1 aliphatic rings. The number of nitrogens with one attached hydrogen (secondary N) is 1. The maximum Gasteiger partial charge on any atom is 0.258 e. The Balaban J connectivity index is 1.94. The Morgan fingerprint density at radius 3 is 2.56 bits per heavy atom. The molecule has 3 nitrogen and oxygen atoms in total. The van der Waals surface area contributed by atoms with Gasteiger partial charge >= 0.3 is 0 Å². The van der Waals surface area contributed by atoms with E-state index in [-0.39, 0.29) is 11.7 Å². The summed E-state index contributed by atoms with van der Waals surface area (Å²) < 4.78 is 18.5. The largest absolute Gasteiger partial charge is 0.466 e. The monoisotopic (exact) mass is 243 g/mol. The Morgan fingerprint density at radius 1 is 1.06 bits per heavy atom. The number of ether oxygens (including phenoxy) is 1. The van der Waals surface area contributed by atoms with Crippen LogP contribution in [0.4, 0.5) is 4.39 Å². The van der Waals surface area contributed by atoms with Crippen LogP contribution in [0.5, 0.6) is 5.75 Å². The van der Waals surface area contributed by atoms with Crippen LogP contribution in [-0.2, 0) is 0 Å². The molecule has 0 radical (unpaired) electrons. The second-order valence-electron chi connectivity index (χ2n) is 4.02. The Morgan fingerprint density at radius 2 is 1.78 bits per heavy atom. The average Bonchev–Trinajstić information content (AvgIpc) is 2.39. The molecule has 2 aromatic carbocycles. The zero-order chi connectivity index (χ0) is 12.5. The zero-order valence-electron chi connectivity index (χ0n) is 9.39. The molecule has 4 heteroatoms. The summed E-state index contributed by atoms with van der Waals surface area (Å²) in [7, 11) is 0. The molecule has 0 aliphatic carbocycles. The smallest absolute Gasteiger partial charge is 0.258 e. The highest BCUT2D eigenvalue weighted by molar-refractivity contribution is 5.97. The van der Waals surface area contributed by atoms with Crippen molar-refractivity contribution in [3.8, 4) is 5.75 Å². The lowest BCUT2D eigenvalue weighted by Gasteiger charge is -2.26. The van der Waals surface area contributed by atoms with Crippen molar-refractivity contribution in [2.75, 3.05) is 0 Å². The number of amides is 1. The van der Waals surface area contributed by atoms with Crippen molar-refractivity contribution in [2.45, 2.75) is 6.23 Å². The van der Waals surface area contributed by atoms with E-state index in [0.29, 0.717) is 16.9 Å². The third kappa shape index (κ3) is 1.82. The van der Waals surface area contributed by atoms with Gasteiger partial charge in [0.05, 0.1) is 5.56 Å². The molecule has 0 bridgehead atoms. The van der Waals surface area contributed by atoms with Gasteiger partial charge in [0.25, 0.3) is 5.91 Å². The van der Waals surface area contributed by atoms with E-state index < -0.39 is 6.23 Å². The molecule has 0 saturated carbocycles. The van der Waals surface area contributed by atoms with Gasteiger partial charge in [-0.05, 0) is 24.3 Å². The van der Waals surface area contributed by atoms with Gasteiger partial charge in [0, 0.05) is 5.56 Å². The Bertz CT molecular complexity index is 595. The van der Waals surface area contributed by atoms with Gasteiger partial charge in [-0.3, -0.25) is 4.79 Å². The lowest BCUT2D eigenvalue weighted by molar-refractivity contribution is 0.0756. The number of benzene rings is 2. The highest BCUT2D eigenvalue weighted by atomic mass is 19.1. The van der Waals surface area contributed by atoms with Crippen LogP contribution in [-0.4, -0.2) is 5.91 Å². The van der Waals surface area contributed by atoms with Gasteiger partial charge in [-0.1, -0.05) is 24.3 Å². The molecule has 18 heavy (non-hydrogen) atoms. The fraction of sp³-hybridized carbons (Fsp3) is 0.0714. The third-order valence-electron chi connectivity index (χ3n) is 2.81. The molecule has 0 aromatic heterocycles. The summed E-state index contributed by atoms with van der Waals surface area (Å²) in [4.78, 5) is 11.9. The quantitative estimate of drug-likeness (QED) is 0.836. The molecule has 1 heterocycles. The first-order valence-electron chi connectivity index (χ1n) is 5.56. The van der Waals surface area contributed by atoms with E-state index in [1.807, 2.05) is 0 Å². The summed E-state index contributed by atoms with van der Waals surface area (Å²) in [6, 6.07) is 12.9. The number of halogens is 1. The molecular weight excluding hydrogens is 233 g/mol. The second kappa shape index (κ2) is 4.14. The first-order valence-corrected chi connectivity index (χ1v) is 5.56. The van der Waals surface area contributed by atoms with E-state index >= 15 is 0 Å². The van der Waals surface area contributed by atoms with Crippen molar-refractivity contribution in [3.63, 3.8) is 0 Å². The molecule has 0 unspecified atom stereocenters. The van der Waals surface area contributed by atoms with Gasteiger partial charge in [0.15, 0.2) is 6.23 Å². The Kier molecular flexibility index (Phi) is 2.48. The number of carbonyl (C=O) groups excluding carboxylic acids is 1. The highest BCUT2D eigenvalue weighted by Gasteiger charge is 2.25. The number of hydrogen-bond donors (Lipinski definition) is 1. The van der Waals surface area contributed by atoms with E-state index in [1.165, 1.54) is 12.1 Å². The number of fused-ring (bicyclic) bond motifs is 1. The fourth-order valence-corrected chi connectivity index (χ4v) is 1.90.